The van der Waals surface area contributed by atoms with Gasteiger partial charge in [0, 0.05) is 0 Å². The van der Waals surface area contributed by atoms with Crippen LogP contribution in [0, 0.1) is 41.5 Å². The quantitative estimate of drug-likeness (QED) is 0.456. The summed E-state index contributed by atoms with van der Waals surface area (Å²) in [6.07, 6.45) is 0. The van der Waals surface area contributed by atoms with Crippen molar-refractivity contribution in [2.24, 2.45) is 10.2 Å². The van der Waals surface area contributed by atoms with Crippen molar-refractivity contribution in [2.45, 2.75) is 55.4 Å². The van der Waals surface area contributed by atoms with Gasteiger partial charge in [-0.05, 0) is 82.0 Å². The Bertz CT molecular complexity index is 950. The molecule has 4 nitrogen and oxygen atoms in total. The summed E-state index contributed by atoms with van der Waals surface area (Å²) in [5.41, 5.74) is 9.67. The third kappa shape index (κ3) is 4.16. The Labute approximate surface area is 163 Å². The lowest BCUT2D eigenvalue weighted by Crippen LogP contribution is -1.98. The van der Waals surface area contributed by atoms with Crippen LogP contribution in [0.25, 0.3) is 5.69 Å². The van der Waals surface area contributed by atoms with Gasteiger partial charge in [-0.15, -0.1) is 5.11 Å². The number of para-hydroxylation sites is 1. The molecular formula is C23H30N4. The second-order valence-electron chi connectivity index (χ2n) is 6.55. The molecule has 3 aromatic rings. The van der Waals surface area contributed by atoms with Gasteiger partial charge >= 0.3 is 0 Å². The number of azo groups is 1. The Morgan fingerprint density at radius 3 is 2.04 bits per heavy atom. The molecule has 0 fully saturated rings. The van der Waals surface area contributed by atoms with Crippen LogP contribution in [0.15, 0.2) is 46.6 Å². The number of nitrogens with zero attached hydrogens (tertiary/aromatic N) is 4. The first-order valence-electron chi connectivity index (χ1n) is 9.51. The van der Waals surface area contributed by atoms with Gasteiger partial charge in [0.05, 0.1) is 22.8 Å². The van der Waals surface area contributed by atoms with E-state index < -0.39 is 0 Å². The average Bonchev–Trinajstić information content (AvgIpc) is 2.98. The molecule has 0 saturated heterocycles. The van der Waals surface area contributed by atoms with Crippen LogP contribution in [-0.2, 0) is 0 Å². The Morgan fingerprint density at radius 1 is 0.778 bits per heavy atom. The highest BCUT2D eigenvalue weighted by atomic mass is 15.3. The Morgan fingerprint density at radius 2 is 1.41 bits per heavy atom. The molecule has 142 valence electrons. The molecule has 3 rings (SSSR count). The molecule has 0 bridgehead atoms. The van der Waals surface area contributed by atoms with Crippen LogP contribution in [-0.4, -0.2) is 9.78 Å². The van der Waals surface area contributed by atoms with Gasteiger partial charge in [0.1, 0.15) is 5.69 Å². The molecule has 0 unspecified atom stereocenters. The fraction of sp³-hybridized carbons (Fsp3) is 0.348. The standard InChI is InChI=1S/C21H24N4.C2H6/c1-13-12-20(16(4)15(3)14(13)2)22-23-21-17(5)24-25(18(21)6)19-10-8-7-9-11-19;1-2/h7-12H,1-6H3;1-2H3. The van der Waals surface area contributed by atoms with Crippen molar-refractivity contribution in [1.29, 1.82) is 0 Å². The first-order valence-corrected chi connectivity index (χ1v) is 9.51. The number of aryl methyl sites for hydroxylation is 2. The minimum Gasteiger partial charge on any atom is -0.236 e. The van der Waals surface area contributed by atoms with E-state index in [9.17, 15) is 0 Å². The van der Waals surface area contributed by atoms with E-state index in [1.54, 1.807) is 0 Å². The number of benzene rings is 2. The van der Waals surface area contributed by atoms with Gasteiger partial charge in [0.15, 0.2) is 0 Å². The second-order valence-corrected chi connectivity index (χ2v) is 6.55. The van der Waals surface area contributed by atoms with Crippen LogP contribution in [0.5, 0.6) is 0 Å². The van der Waals surface area contributed by atoms with Crippen molar-refractivity contribution in [3.05, 3.63) is 70.0 Å². The Hall–Kier alpha value is -2.75. The van der Waals surface area contributed by atoms with Crippen molar-refractivity contribution in [3.8, 4) is 5.69 Å². The lowest BCUT2D eigenvalue weighted by atomic mass is 9.98. The molecule has 0 spiro atoms. The SMILES string of the molecule is CC.Cc1cc(N=Nc2c(C)nn(-c3ccccc3)c2C)c(C)c(C)c1C. The molecule has 0 amide bonds. The van der Waals surface area contributed by atoms with Crippen LogP contribution < -0.4 is 0 Å². The highest BCUT2D eigenvalue weighted by Gasteiger charge is 2.13. The molecule has 0 aliphatic heterocycles. The van der Waals surface area contributed by atoms with E-state index in [2.05, 4.69) is 49.1 Å². The summed E-state index contributed by atoms with van der Waals surface area (Å²) in [6.45, 7) is 16.5. The molecule has 0 N–H and O–H groups in total. The van der Waals surface area contributed by atoms with Crippen LogP contribution in [0.2, 0.25) is 0 Å². The van der Waals surface area contributed by atoms with Gasteiger partial charge in [0.2, 0.25) is 0 Å². The minimum absolute atomic E-state index is 0.833. The van der Waals surface area contributed by atoms with Crippen molar-refractivity contribution in [1.82, 2.24) is 9.78 Å². The van der Waals surface area contributed by atoms with E-state index in [1.165, 1.54) is 22.3 Å². The van der Waals surface area contributed by atoms with Gasteiger partial charge in [0.25, 0.3) is 0 Å². The highest BCUT2D eigenvalue weighted by Crippen LogP contribution is 2.31. The lowest BCUT2D eigenvalue weighted by molar-refractivity contribution is 0.833. The molecule has 0 radical (unpaired) electrons. The predicted octanol–water partition coefficient (Wildman–Crippen LogP) is 7.16. The van der Waals surface area contributed by atoms with Gasteiger partial charge < -0.3 is 0 Å². The van der Waals surface area contributed by atoms with Crippen LogP contribution in [0.3, 0.4) is 0 Å². The lowest BCUT2D eigenvalue weighted by Gasteiger charge is -2.10. The van der Waals surface area contributed by atoms with Crippen molar-refractivity contribution in [3.63, 3.8) is 0 Å². The van der Waals surface area contributed by atoms with Crippen molar-refractivity contribution >= 4 is 11.4 Å². The molecule has 2 aromatic carbocycles. The summed E-state index contributed by atoms with van der Waals surface area (Å²) >= 11 is 0. The highest BCUT2D eigenvalue weighted by molar-refractivity contribution is 5.56. The van der Waals surface area contributed by atoms with Gasteiger partial charge in [-0.3, -0.25) is 0 Å². The van der Waals surface area contributed by atoms with E-state index in [-0.39, 0.29) is 0 Å². The van der Waals surface area contributed by atoms with E-state index >= 15 is 0 Å². The van der Waals surface area contributed by atoms with E-state index in [0.717, 1.165) is 28.5 Å². The third-order valence-corrected chi connectivity index (χ3v) is 4.97. The van der Waals surface area contributed by atoms with Crippen molar-refractivity contribution < 1.29 is 0 Å². The molecule has 4 heteroatoms. The predicted molar refractivity (Wildman–Crippen MR) is 114 cm³/mol. The minimum atomic E-state index is 0.833. The maximum Gasteiger partial charge on any atom is 0.130 e. The van der Waals surface area contributed by atoms with Crippen molar-refractivity contribution in [2.75, 3.05) is 0 Å². The summed E-state index contributed by atoms with van der Waals surface area (Å²) in [5, 5.41) is 13.7. The molecular weight excluding hydrogens is 332 g/mol. The third-order valence-electron chi connectivity index (χ3n) is 4.97. The van der Waals surface area contributed by atoms with Crippen LogP contribution in [0.1, 0.15) is 47.5 Å². The summed E-state index contributed by atoms with van der Waals surface area (Å²) < 4.78 is 1.92. The van der Waals surface area contributed by atoms with E-state index in [4.69, 9.17) is 0 Å². The number of aromatic nitrogens is 2. The zero-order valence-electron chi connectivity index (χ0n) is 17.8. The van der Waals surface area contributed by atoms with Gasteiger partial charge in [-0.2, -0.15) is 10.2 Å². The van der Waals surface area contributed by atoms with Gasteiger partial charge in [-0.1, -0.05) is 32.0 Å². The Kier molecular flexibility index (Phi) is 6.67. The summed E-state index contributed by atoms with van der Waals surface area (Å²) in [5.74, 6) is 0. The fourth-order valence-electron chi connectivity index (χ4n) is 3.00. The topological polar surface area (TPSA) is 42.5 Å². The van der Waals surface area contributed by atoms with Crippen LogP contribution >= 0.6 is 0 Å². The molecule has 0 atom stereocenters. The summed E-state index contributed by atoms with van der Waals surface area (Å²) in [6, 6.07) is 12.2. The first-order chi connectivity index (χ1) is 12.9. The van der Waals surface area contributed by atoms with Gasteiger partial charge in [-0.25, -0.2) is 4.68 Å². The largest absolute Gasteiger partial charge is 0.236 e. The summed E-state index contributed by atoms with van der Waals surface area (Å²) in [4.78, 5) is 0. The monoisotopic (exact) mass is 362 g/mol. The normalized spacial score (nSPS) is 10.8. The van der Waals surface area contributed by atoms with E-state index in [1.807, 2.05) is 62.7 Å². The number of hydrogen-bond acceptors (Lipinski definition) is 3. The average molecular weight is 363 g/mol. The molecule has 0 saturated carbocycles. The fourth-order valence-corrected chi connectivity index (χ4v) is 3.00. The maximum atomic E-state index is 4.63. The van der Waals surface area contributed by atoms with E-state index in [0.29, 0.717) is 0 Å². The zero-order valence-corrected chi connectivity index (χ0v) is 17.8. The Balaban J connectivity index is 0.00000126. The molecule has 27 heavy (non-hydrogen) atoms. The maximum absolute atomic E-state index is 4.63. The molecule has 1 aromatic heterocycles. The number of hydrogen-bond donors (Lipinski definition) is 0. The summed E-state index contributed by atoms with van der Waals surface area (Å²) in [7, 11) is 0. The van der Waals surface area contributed by atoms with Crippen LogP contribution in [0.4, 0.5) is 11.4 Å². The first kappa shape index (κ1) is 20.6. The molecule has 0 aliphatic carbocycles. The molecule has 1 heterocycles. The molecule has 0 aliphatic rings. The second kappa shape index (κ2) is 8.76. The number of rotatable bonds is 3. The smallest absolute Gasteiger partial charge is 0.130 e. The zero-order chi connectivity index (χ0) is 20.1.